The average Bonchev–Trinajstić information content (AvgIpc) is 3.22. The highest BCUT2D eigenvalue weighted by molar-refractivity contribution is 7.98. The van der Waals surface area contributed by atoms with E-state index in [1.807, 2.05) is 11.4 Å². The average molecular weight is 375 g/mol. The van der Waals surface area contributed by atoms with Crippen LogP contribution in [0.4, 0.5) is 5.13 Å². The van der Waals surface area contributed by atoms with Crippen molar-refractivity contribution in [2.75, 3.05) is 5.32 Å². The summed E-state index contributed by atoms with van der Waals surface area (Å²) < 4.78 is 0. The molecule has 2 aromatic heterocycles. The predicted octanol–water partition coefficient (Wildman–Crippen LogP) is 4.70. The van der Waals surface area contributed by atoms with Crippen LogP contribution in [0.25, 0.3) is 0 Å². The first-order valence-corrected chi connectivity index (χ1v) is 10.1. The summed E-state index contributed by atoms with van der Waals surface area (Å²) in [7, 11) is 0. The number of thioether (sulfide) groups is 1. The van der Waals surface area contributed by atoms with Gasteiger partial charge in [0.25, 0.3) is 0 Å². The molecular formula is C17H18N4S3. The summed E-state index contributed by atoms with van der Waals surface area (Å²) in [5.41, 5.74) is 9.08. The van der Waals surface area contributed by atoms with Crippen LogP contribution in [0.1, 0.15) is 21.7 Å². The van der Waals surface area contributed by atoms with E-state index in [-0.39, 0.29) is 5.84 Å². The zero-order chi connectivity index (χ0) is 16.9. The van der Waals surface area contributed by atoms with Crippen molar-refractivity contribution >= 4 is 45.4 Å². The number of aromatic nitrogens is 1. The minimum atomic E-state index is 0.128. The van der Waals surface area contributed by atoms with Crippen molar-refractivity contribution in [3.8, 4) is 0 Å². The van der Waals surface area contributed by atoms with Crippen LogP contribution in [0.3, 0.4) is 0 Å². The van der Waals surface area contributed by atoms with Crippen LogP contribution in [0, 0.1) is 12.3 Å². The third kappa shape index (κ3) is 4.59. The van der Waals surface area contributed by atoms with Crippen molar-refractivity contribution in [2.24, 2.45) is 5.73 Å². The van der Waals surface area contributed by atoms with Crippen LogP contribution in [-0.2, 0) is 12.3 Å². The fraction of sp³-hybridized carbons (Fsp3) is 0.176. The number of nitrogens with one attached hydrogen (secondary N) is 2. The van der Waals surface area contributed by atoms with Crippen molar-refractivity contribution in [3.63, 3.8) is 0 Å². The molecule has 2 heterocycles. The van der Waals surface area contributed by atoms with Crippen molar-refractivity contribution in [1.29, 1.82) is 5.41 Å². The number of thiazole rings is 1. The Bertz CT molecular complexity index is 820. The summed E-state index contributed by atoms with van der Waals surface area (Å²) in [6.07, 6.45) is 0. The minimum absolute atomic E-state index is 0.128. The second-order valence-corrected chi connectivity index (χ2v) is 8.15. The lowest BCUT2D eigenvalue weighted by Crippen LogP contribution is -2.08. The third-order valence-corrected chi connectivity index (χ3v) is 6.31. The molecule has 3 aromatic rings. The van der Waals surface area contributed by atoms with E-state index in [1.54, 1.807) is 23.1 Å². The molecule has 4 N–H and O–H groups in total. The number of benzene rings is 1. The van der Waals surface area contributed by atoms with E-state index in [4.69, 9.17) is 11.1 Å². The molecule has 4 nitrogen and oxygen atoms in total. The van der Waals surface area contributed by atoms with E-state index < -0.39 is 0 Å². The van der Waals surface area contributed by atoms with Gasteiger partial charge < -0.3 is 11.1 Å². The molecule has 0 unspecified atom stereocenters. The molecule has 0 bridgehead atoms. The normalized spacial score (nSPS) is 10.7. The fourth-order valence-corrected chi connectivity index (χ4v) is 4.63. The minimum Gasteiger partial charge on any atom is -0.383 e. The van der Waals surface area contributed by atoms with Gasteiger partial charge in [-0.15, -0.1) is 34.4 Å². The fourth-order valence-electron chi connectivity index (χ4n) is 2.03. The van der Waals surface area contributed by atoms with Crippen LogP contribution in [0.5, 0.6) is 0 Å². The first kappa shape index (κ1) is 17.0. The van der Waals surface area contributed by atoms with Crippen LogP contribution in [0.2, 0.25) is 0 Å². The summed E-state index contributed by atoms with van der Waals surface area (Å²) in [4.78, 5) is 6.57. The monoisotopic (exact) mass is 374 g/mol. The number of amidine groups is 1. The predicted molar refractivity (Wildman–Crippen MR) is 106 cm³/mol. The van der Waals surface area contributed by atoms with Crippen LogP contribution < -0.4 is 11.1 Å². The number of hydrogen-bond acceptors (Lipinski definition) is 6. The Kier molecular flexibility index (Phi) is 5.55. The highest BCUT2D eigenvalue weighted by Crippen LogP contribution is 2.28. The maximum absolute atomic E-state index is 7.44. The molecular weight excluding hydrogens is 356 g/mol. The number of rotatable bonds is 7. The number of thiophene rings is 1. The lowest BCUT2D eigenvalue weighted by atomic mass is 10.1. The second-order valence-electron chi connectivity index (χ2n) is 5.33. The molecule has 124 valence electrons. The molecule has 0 amide bonds. The van der Waals surface area contributed by atoms with Gasteiger partial charge in [0.05, 0.1) is 10.6 Å². The van der Waals surface area contributed by atoms with Gasteiger partial charge in [0.1, 0.15) is 5.84 Å². The smallest absolute Gasteiger partial charge is 0.183 e. The van der Waals surface area contributed by atoms with Gasteiger partial charge in [-0.3, -0.25) is 5.41 Å². The number of nitrogen functional groups attached to an aromatic ring is 1. The maximum Gasteiger partial charge on any atom is 0.183 e. The van der Waals surface area contributed by atoms with E-state index in [2.05, 4.69) is 46.9 Å². The standard InChI is InChI=1S/C17H18N4S3/c1-11-2-4-12(5-3-11)7-20-17-21-13(9-24-17)8-22-14-6-15(16(18)19)23-10-14/h2-6,9-10H,7-8H2,1H3,(H3,18,19)(H,20,21). The van der Waals surface area contributed by atoms with Crippen LogP contribution >= 0.6 is 34.4 Å². The van der Waals surface area contributed by atoms with Gasteiger partial charge >= 0.3 is 0 Å². The van der Waals surface area contributed by atoms with E-state index in [0.29, 0.717) is 0 Å². The van der Waals surface area contributed by atoms with Crippen molar-refractivity contribution in [2.45, 2.75) is 24.1 Å². The molecule has 0 aliphatic heterocycles. The van der Waals surface area contributed by atoms with Gasteiger partial charge in [-0.2, -0.15) is 0 Å². The molecule has 3 rings (SSSR count). The molecule has 0 aliphatic carbocycles. The van der Waals surface area contributed by atoms with Crippen LogP contribution in [0.15, 0.2) is 46.0 Å². The number of aryl methyl sites for hydroxylation is 1. The lowest BCUT2D eigenvalue weighted by molar-refractivity contribution is 1.11. The number of anilines is 1. The molecule has 7 heteroatoms. The van der Waals surface area contributed by atoms with Gasteiger partial charge in [-0.1, -0.05) is 29.8 Å². The van der Waals surface area contributed by atoms with Gasteiger partial charge in [-0.25, -0.2) is 4.98 Å². The summed E-state index contributed by atoms with van der Waals surface area (Å²) in [5.74, 6) is 0.944. The molecule has 0 radical (unpaired) electrons. The quantitative estimate of drug-likeness (QED) is 0.318. The Morgan fingerprint density at radius 2 is 2.04 bits per heavy atom. The first-order valence-electron chi connectivity index (χ1n) is 7.40. The Labute approximate surface area is 153 Å². The van der Waals surface area contributed by atoms with Gasteiger partial charge in [-0.05, 0) is 18.6 Å². The third-order valence-electron chi connectivity index (χ3n) is 3.34. The Balaban J connectivity index is 1.51. The van der Waals surface area contributed by atoms with E-state index >= 15 is 0 Å². The van der Waals surface area contributed by atoms with Gasteiger partial charge in [0.2, 0.25) is 0 Å². The molecule has 0 aliphatic rings. The summed E-state index contributed by atoms with van der Waals surface area (Å²) in [5, 5.41) is 15.9. The molecule has 0 spiro atoms. The van der Waals surface area contributed by atoms with E-state index in [0.717, 1.165) is 32.9 Å². The zero-order valence-corrected chi connectivity index (χ0v) is 15.7. The topological polar surface area (TPSA) is 74.8 Å². The zero-order valence-electron chi connectivity index (χ0n) is 13.2. The van der Waals surface area contributed by atoms with Crippen molar-refractivity contribution in [1.82, 2.24) is 4.98 Å². The SMILES string of the molecule is Cc1ccc(CNc2nc(CSc3csc(C(=N)N)c3)cs2)cc1. The van der Waals surface area contributed by atoms with Gasteiger partial charge in [0, 0.05) is 28.0 Å². The first-order chi connectivity index (χ1) is 11.6. The summed E-state index contributed by atoms with van der Waals surface area (Å²) >= 11 is 4.85. The van der Waals surface area contributed by atoms with E-state index in [1.165, 1.54) is 22.5 Å². The number of hydrogen-bond donors (Lipinski definition) is 3. The highest BCUT2D eigenvalue weighted by atomic mass is 32.2. The van der Waals surface area contributed by atoms with Crippen LogP contribution in [-0.4, -0.2) is 10.8 Å². The molecule has 1 aromatic carbocycles. The molecule has 0 saturated carbocycles. The lowest BCUT2D eigenvalue weighted by Gasteiger charge is -2.03. The maximum atomic E-state index is 7.44. The Morgan fingerprint density at radius 1 is 1.25 bits per heavy atom. The van der Waals surface area contributed by atoms with E-state index in [9.17, 15) is 0 Å². The highest BCUT2D eigenvalue weighted by Gasteiger charge is 2.06. The Hall–Kier alpha value is -1.83. The molecule has 0 fully saturated rings. The molecule has 0 saturated heterocycles. The largest absolute Gasteiger partial charge is 0.383 e. The van der Waals surface area contributed by atoms with Crippen molar-refractivity contribution < 1.29 is 0 Å². The summed E-state index contributed by atoms with van der Waals surface area (Å²) in [6.45, 7) is 2.88. The molecule has 24 heavy (non-hydrogen) atoms. The van der Waals surface area contributed by atoms with Crippen molar-refractivity contribution in [3.05, 3.63) is 62.8 Å². The second kappa shape index (κ2) is 7.83. The Morgan fingerprint density at radius 3 is 2.75 bits per heavy atom. The molecule has 0 atom stereocenters. The van der Waals surface area contributed by atoms with Gasteiger partial charge in [0.15, 0.2) is 5.13 Å². The summed E-state index contributed by atoms with van der Waals surface area (Å²) in [6, 6.07) is 10.5. The number of nitrogens with zero attached hydrogens (tertiary/aromatic N) is 1. The number of nitrogens with two attached hydrogens (primary N) is 1.